The van der Waals surface area contributed by atoms with Gasteiger partial charge in [-0.2, -0.15) is 10.1 Å². The van der Waals surface area contributed by atoms with E-state index in [0.29, 0.717) is 39.7 Å². The van der Waals surface area contributed by atoms with Crippen LogP contribution < -0.4 is 10.1 Å². The molecule has 0 unspecified atom stereocenters. The first-order valence-electron chi connectivity index (χ1n) is 12.2. The van der Waals surface area contributed by atoms with Crippen LogP contribution in [0.2, 0.25) is 5.02 Å². The summed E-state index contributed by atoms with van der Waals surface area (Å²) in [7, 11) is 4.06. The van der Waals surface area contributed by atoms with E-state index in [0.717, 1.165) is 35.5 Å². The van der Waals surface area contributed by atoms with Crippen LogP contribution >= 0.6 is 22.9 Å². The van der Waals surface area contributed by atoms with Crippen LogP contribution in [0.1, 0.15) is 38.9 Å². The lowest BCUT2D eigenvalue weighted by Crippen LogP contribution is -2.24. The first-order valence-corrected chi connectivity index (χ1v) is 13.5. The number of aryl methyl sites for hydroxylation is 1. The van der Waals surface area contributed by atoms with Crippen LogP contribution in [-0.2, 0) is 12.5 Å². The molecule has 1 saturated heterocycles. The summed E-state index contributed by atoms with van der Waals surface area (Å²) in [5.41, 5.74) is 2.36. The standard InChI is InChI=1S/C26H29ClN8OS/c1-26(2,3)19-11-20(32-35(19)16-6-8-33(4)14-16)30-25-31-23-22(34(25)5)21(27)18(13-28-23)36-17-10-15-7-9-37-24(15)29-12-17/h7,9-13,16H,6,8,14H2,1-5H3,(H,28,30,31,32)/t16-/m0/s1. The number of nitrogens with one attached hydrogen (secondary N) is 1. The number of fused-ring (bicyclic) bond motifs is 2. The Morgan fingerprint density at radius 3 is 2.76 bits per heavy atom. The van der Waals surface area contributed by atoms with Crippen molar-refractivity contribution in [2.45, 2.75) is 38.6 Å². The molecule has 6 rings (SSSR count). The van der Waals surface area contributed by atoms with E-state index in [9.17, 15) is 0 Å². The number of hydrogen-bond acceptors (Lipinski definition) is 8. The summed E-state index contributed by atoms with van der Waals surface area (Å²) in [6.45, 7) is 8.72. The van der Waals surface area contributed by atoms with Crippen molar-refractivity contribution in [3.63, 3.8) is 0 Å². The third kappa shape index (κ3) is 4.43. The minimum Gasteiger partial charge on any atom is -0.452 e. The molecule has 0 aliphatic carbocycles. The molecular formula is C26H29ClN8OS. The quantitative estimate of drug-likeness (QED) is 0.289. The highest BCUT2D eigenvalue weighted by Crippen LogP contribution is 2.37. The van der Waals surface area contributed by atoms with E-state index < -0.39 is 0 Å². The topological polar surface area (TPSA) is 85.9 Å². The van der Waals surface area contributed by atoms with E-state index in [1.54, 1.807) is 23.7 Å². The Bertz CT molecular complexity index is 1610. The van der Waals surface area contributed by atoms with Gasteiger partial charge in [0.1, 0.15) is 21.1 Å². The summed E-state index contributed by atoms with van der Waals surface area (Å²) < 4.78 is 10.1. The monoisotopic (exact) mass is 536 g/mol. The Morgan fingerprint density at radius 2 is 2.00 bits per heavy atom. The minimum atomic E-state index is -0.0432. The lowest BCUT2D eigenvalue weighted by molar-refractivity contribution is 0.366. The van der Waals surface area contributed by atoms with Crippen molar-refractivity contribution in [1.29, 1.82) is 0 Å². The molecule has 9 nitrogen and oxygen atoms in total. The van der Waals surface area contributed by atoms with E-state index in [1.165, 1.54) is 5.69 Å². The summed E-state index contributed by atoms with van der Waals surface area (Å²) in [5.74, 6) is 2.41. The van der Waals surface area contributed by atoms with Crippen molar-refractivity contribution in [3.05, 3.63) is 46.7 Å². The third-order valence-electron chi connectivity index (χ3n) is 6.77. The summed E-state index contributed by atoms with van der Waals surface area (Å²) in [6.07, 6.45) is 4.38. The Hall–Kier alpha value is -3.21. The highest BCUT2D eigenvalue weighted by molar-refractivity contribution is 7.16. The van der Waals surface area contributed by atoms with E-state index in [2.05, 4.69) is 58.8 Å². The lowest BCUT2D eigenvalue weighted by Gasteiger charge is -2.23. The van der Waals surface area contributed by atoms with Crippen LogP contribution in [-0.4, -0.2) is 54.3 Å². The lowest BCUT2D eigenvalue weighted by atomic mass is 9.91. The molecule has 0 aromatic carbocycles. The molecule has 0 spiro atoms. The zero-order valence-corrected chi connectivity index (χ0v) is 23.1. The largest absolute Gasteiger partial charge is 0.452 e. The van der Waals surface area contributed by atoms with Gasteiger partial charge in [0.05, 0.1) is 18.4 Å². The number of imidazole rings is 1. The fraction of sp³-hybridized carbons (Fsp3) is 0.385. The zero-order chi connectivity index (χ0) is 25.9. The van der Waals surface area contributed by atoms with Gasteiger partial charge in [-0.15, -0.1) is 11.3 Å². The van der Waals surface area contributed by atoms with Crippen LogP contribution in [0.3, 0.4) is 0 Å². The Balaban J connectivity index is 1.32. The van der Waals surface area contributed by atoms with Gasteiger partial charge in [-0.05, 0) is 37.5 Å². The van der Waals surface area contributed by atoms with E-state index >= 15 is 0 Å². The molecule has 1 fully saturated rings. The number of pyridine rings is 2. The molecule has 6 heterocycles. The van der Waals surface area contributed by atoms with Crippen LogP contribution in [0.15, 0.2) is 36.0 Å². The van der Waals surface area contributed by atoms with Crippen LogP contribution in [0.25, 0.3) is 21.4 Å². The summed E-state index contributed by atoms with van der Waals surface area (Å²) in [5, 5.41) is 11.8. The van der Waals surface area contributed by atoms with Gasteiger partial charge in [0, 0.05) is 36.2 Å². The number of rotatable bonds is 5. The van der Waals surface area contributed by atoms with Gasteiger partial charge in [0.25, 0.3) is 0 Å². The smallest absolute Gasteiger partial charge is 0.210 e. The van der Waals surface area contributed by atoms with Crippen LogP contribution in [0.5, 0.6) is 11.5 Å². The van der Waals surface area contributed by atoms with Crippen molar-refractivity contribution in [2.24, 2.45) is 7.05 Å². The molecular weight excluding hydrogens is 508 g/mol. The fourth-order valence-electron chi connectivity index (χ4n) is 4.84. The maximum Gasteiger partial charge on any atom is 0.210 e. The second-order valence-corrected chi connectivity index (χ2v) is 11.9. The maximum atomic E-state index is 6.80. The van der Waals surface area contributed by atoms with Crippen LogP contribution in [0, 0.1) is 0 Å². The molecule has 1 aliphatic rings. The van der Waals surface area contributed by atoms with Crippen LogP contribution in [0.4, 0.5) is 11.8 Å². The van der Waals surface area contributed by atoms with Crippen molar-refractivity contribution in [2.75, 3.05) is 25.5 Å². The molecule has 0 saturated carbocycles. The molecule has 192 valence electrons. The summed E-state index contributed by atoms with van der Waals surface area (Å²) in [4.78, 5) is 17.0. The molecule has 5 aromatic rings. The second-order valence-electron chi connectivity index (χ2n) is 10.6. The number of likely N-dealkylation sites (tertiary alicyclic amines) is 1. The normalized spacial score (nSPS) is 16.8. The predicted molar refractivity (Wildman–Crippen MR) is 149 cm³/mol. The van der Waals surface area contributed by atoms with Gasteiger partial charge in [-0.25, -0.2) is 9.97 Å². The van der Waals surface area contributed by atoms with Crippen molar-refractivity contribution in [3.8, 4) is 11.5 Å². The predicted octanol–water partition coefficient (Wildman–Crippen LogP) is 6.14. The SMILES string of the molecule is CN1CC[C@H](n2nc(Nc3nc4ncc(Oc5cnc6sccc6c5)c(Cl)c4n3C)cc2C(C)(C)C)C1. The van der Waals surface area contributed by atoms with Gasteiger partial charge in [-0.3, -0.25) is 4.68 Å². The number of nitrogens with zero attached hydrogens (tertiary/aromatic N) is 7. The number of thiophene rings is 1. The highest BCUT2D eigenvalue weighted by atomic mass is 35.5. The average molecular weight is 537 g/mol. The molecule has 1 atom stereocenters. The van der Waals surface area contributed by atoms with Gasteiger partial charge in [0.15, 0.2) is 17.2 Å². The van der Waals surface area contributed by atoms with Gasteiger partial charge >= 0.3 is 0 Å². The molecule has 11 heteroatoms. The molecule has 1 N–H and O–H groups in total. The Morgan fingerprint density at radius 1 is 1.16 bits per heavy atom. The molecule has 1 aliphatic heterocycles. The van der Waals surface area contributed by atoms with E-state index in [-0.39, 0.29) is 5.41 Å². The van der Waals surface area contributed by atoms with E-state index in [1.807, 2.05) is 29.1 Å². The zero-order valence-electron chi connectivity index (χ0n) is 21.5. The summed E-state index contributed by atoms with van der Waals surface area (Å²) >= 11 is 8.39. The molecule has 0 radical (unpaired) electrons. The van der Waals surface area contributed by atoms with Crippen molar-refractivity contribution < 1.29 is 4.74 Å². The number of aromatic nitrogens is 6. The van der Waals surface area contributed by atoms with Gasteiger partial charge in [0.2, 0.25) is 5.95 Å². The number of hydrogen-bond donors (Lipinski definition) is 1. The van der Waals surface area contributed by atoms with E-state index in [4.69, 9.17) is 26.4 Å². The maximum absolute atomic E-state index is 6.80. The fourth-order valence-corrected chi connectivity index (χ4v) is 5.86. The Kier molecular flexibility index (Phi) is 5.85. The number of likely N-dealkylation sites (N-methyl/N-ethyl adjacent to an activating group) is 1. The second kappa shape index (κ2) is 8.97. The van der Waals surface area contributed by atoms with Crippen molar-refractivity contribution >= 4 is 56.1 Å². The highest BCUT2D eigenvalue weighted by Gasteiger charge is 2.29. The average Bonchev–Trinajstić information content (AvgIpc) is 3.62. The number of anilines is 2. The Labute approximate surface area is 224 Å². The molecule has 5 aromatic heterocycles. The first kappa shape index (κ1) is 24.1. The summed E-state index contributed by atoms with van der Waals surface area (Å²) in [6, 6.07) is 6.43. The number of ether oxygens (including phenoxy) is 1. The number of halogens is 1. The first-order chi connectivity index (χ1) is 17.7. The third-order valence-corrected chi connectivity index (χ3v) is 7.97. The van der Waals surface area contributed by atoms with Gasteiger partial charge < -0.3 is 19.5 Å². The van der Waals surface area contributed by atoms with Crippen molar-refractivity contribution in [1.82, 2.24) is 34.2 Å². The minimum absolute atomic E-state index is 0.0432. The molecule has 0 bridgehead atoms. The van der Waals surface area contributed by atoms with Gasteiger partial charge in [-0.1, -0.05) is 32.4 Å². The molecule has 0 amide bonds. The molecule has 37 heavy (non-hydrogen) atoms.